The summed E-state index contributed by atoms with van der Waals surface area (Å²) in [5.41, 5.74) is 1.88. The van der Waals surface area contributed by atoms with E-state index in [1.54, 1.807) is 6.07 Å². The number of nitrogens with one attached hydrogen (secondary N) is 1. The normalized spacial score (nSPS) is 19.1. The smallest absolute Gasteiger partial charge is 0.254 e. The van der Waals surface area contributed by atoms with E-state index in [0.717, 1.165) is 31.7 Å². The van der Waals surface area contributed by atoms with Crippen LogP contribution in [-0.4, -0.2) is 49.1 Å². The number of hydrogen-bond donors (Lipinski definition) is 1. The molecule has 0 spiro atoms. The molecule has 1 unspecified atom stereocenters. The van der Waals surface area contributed by atoms with Crippen LogP contribution in [0.5, 0.6) is 11.5 Å². The van der Waals surface area contributed by atoms with Gasteiger partial charge in [0.15, 0.2) is 11.5 Å². The Kier molecular flexibility index (Phi) is 4.65. The minimum atomic E-state index is 0.0505. The molecule has 1 aromatic carbocycles. The first-order chi connectivity index (χ1) is 12.7. The van der Waals surface area contributed by atoms with E-state index >= 15 is 0 Å². The monoisotopic (exact) mass is 353 g/mol. The van der Waals surface area contributed by atoms with Gasteiger partial charge in [-0.25, -0.2) is 4.98 Å². The van der Waals surface area contributed by atoms with Crippen LogP contribution in [0.3, 0.4) is 0 Å². The van der Waals surface area contributed by atoms with Gasteiger partial charge in [0.05, 0.1) is 0 Å². The first kappa shape index (κ1) is 16.7. The number of piperidine rings is 1. The number of fused-ring (bicyclic) bond motifs is 1. The quantitative estimate of drug-likeness (QED) is 0.919. The zero-order chi connectivity index (χ0) is 17.9. The molecule has 26 heavy (non-hydrogen) atoms. The largest absolute Gasteiger partial charge is 0.486 e. The number of anilines is 1. The van der Waals surface area contributed by atoms with Gasteiger partial charge < -0.3 is 19.7 Å². The zero-order valence-corrected chi connectivity index (χ0v) is 14.9. The highest BCUT2D eigenvalue weighted by molar-refractivity contribution is 5.95. The number of ether oxygens (including phenoxy) is 2. The van der Waals surface area contributed by atoms with E-state index < -0.39 is 0 Å². The van der Waals surface area contributed by atoms with Gasteiger partial charge in [-0.2, -0.15) is 0 Å². The molecular formula is C20H23N3O3. The summed E-state index contributed by atoms with van der Waals surface area (Å²) in [6, 6.07) is 9.56. The van der Waals surface area contributed by atoms with Crippen LogP contribution < -0.4 is 14.8 Å². The minimum Gasteiger partial charge on any atom is -0.486 e. The number of amides is 1. The van der Waals surface area contributed by atoms with Crippen LogP contribution in [0, 0.1) is 0 Å². The van der Waals surface area contributed by atoms with Crippen LogP contribution in [0.4, 0.5) is 5.82 Å². The molecule has 0 aliphatic carbocycles. The minimum absolute atomic E-state index is 0.0505. The first-order valence-electron chi connectivity index (χ1n) is 9.07. The number of aromatic nitrogens is 1. The first-order valence-corrected chi connectivity index (χ1v) is 9.07. The van der Waals surface area contributed by atoms with Gasteiger partial charge in [-0.3, -0.25) is 4.79 Å². The molecular weight excluding hydrogens is 330 g/mol. The fourth-order valence-electron chi connectivity index (χ4n) is 3.63. The van der Waals surface area contributed by atoms with Crippen molar-refractivity contribution in [1.82, 2.24) is 9.88 Å². The fraction of sp³-hybridized carbons (Fsp3) is 0.400. The molecule has 0 radical (unpaired) electrons. The van der Waals surface area contributed by atoms with Gasteiger partial charge in [-0.1, -0.05) is 0 Å². The van der Waals surface area contributed by atoms with Crippen molar-refractivity contribution < 1.29 is 14.3 Å². The summed E-state index contributed by atoms with van der Waals surface area (Å²) in [7, 11) is 1.87. The second-order valence-electron chi connectivity index (χ2n) is 6.67. The molecule has 3 heterocycles. The topological polar surface area (TPSA) is 63.7 Å². The Labute approximate surface area is 153 Å². The predicted molar refractivity (Wildman–Crippen MR) is 99.1 cm³/mol. The Morgan fingerprint density at radius 2 is 2.04 bits per heavy atom. The molecule has 1 amide bonds. The van der Waals surface area contributed by atoms with Gasteiger partial charge >= 0.3 is 0 Å². The lowest BCUT2D eigenvalue weighted by Crippen LogP contribution is -2.39. The Morgan fingerprint density at radius 1 is 1.19 bits per heavy atom. The van der Waals surface area contributed by atoms with Crippen molar-refractivity contribution >= 4 is 11.7 Å². The number of nitrogens with zero attached hydrogens (tertiary/aromatic N) is 2. The molecule has 2 aliphatic heterocycles. The van der Waals surface area contributed by atoms with E-state index in [1.807, 2.05) is 36.3 Å². The van der Waals surface area contributed by atoms with Gasteiger partial charge in [-0.05, 0) is 48.7 Å². The summed E-state index contributed by atoms with van der Waals surface area (Å²) in [6.07, 6.45) is 3.90. The van der Waals surface area contributed by atoms with Crippen molar-refractivity contribution in [2.75, 3.05) is 38.7 Å². The van der Waals surface area contributed by atoms with E-state index in [-0.39, 0.29) is 5.91 Å². The maximum absolute atomic E-state index is 13.0. The molecule has 1 atom stereocenters. The van der Waals surface area contributed by atoms with Crippen LogP contribution in [0.25, 0.3) is 0 Å². The van der Waals surface area contributed by atoms with E-state index in [0.29, 0.717) is 36.2 Å². The summed E-state index contributed by atoms with van der Waals surface area (Å²) in [6.45, 7) is 2.58. The summed E-state index contributed by atoms with van der Waals surface area (Å²) >= 11 is 0. The third-order valence-corrected chi connectivity index (χ3v) is 5.01. The zero-order valence-electron chi connectivity index (χ0n) is 14.9. The Bertz CT molecular complexity index is 809. The lowest BCUT2D eigenvalue weighted by atomic mass is 9.90. The highest BCUT2D eigenvalue weighted by atomic mass is 16.6. The maximum atomic E-state index is 13.0. The predicted octanol–water partition coefficient (Wildman–Crippen LogP) is 2.91. The van der Waals surface area contributed by atoms with E-state index in [4.69, 9.17) is 9.47 Å². The average molecular weight is 353 g/mol. The molecule has 0 saturated carbocycles. The van der Waals surface area contributed by atoms with Crippen molar-refractivity contribution in [3.8, 4) is 11.5 Å². The standard InChI is InChI=1S/C20H23N3O3/c1-21-19-12-14(6-7-22-19)16-3-2-8-23(13-16)20(24)15-4-5-17-18(11-15)26-10-9-25-17/h4-7,11-12,16H,2-3,8-10,13H2,1H3,(H,21,22). The number of likely N-dealkylation sites (tertiary alicyclic amines) is 1. The average Bonchev–Trinajstić information content (AvgIpc) is 2.73. The summed E-state index contributed by atoms with van der Waals surface area (Å²) in [4.78, 5) is 19.2. The molecule has 6 nitrogen and oxygen atoms in total. The lowest BCUT2D eigenvalue weighted by Gasteiger charge is -2.33. The Hall–Kier alpha value is -2.76. The molecule has 136 valence electrons. The SMILES string of the molecule is CNc1cc(C2CCCN(C(=O)c3ccc4c(c3)OCCO4)C2)ccn1. The number of benzene rings is 1. The molecule has 1 N–H and O–H groups in total. The molecule has 1 saturated heterocycles. The van der Waals surface area contributed by atoms with E-state index in [2.05, 4.69) is 16.4 Å². The number of rotatable bonds is 3. The van der Waals surface area contributed by atoms with Crippen LogP contribution >= 0.6 is 0 Å². The maximum Gasteiger partial charge on any atom is 0.254 e. The second kappa shape index (κ2) is 7.23. The second-order valence-corrected chi connectivity index (χ2v) is 6.67. The van der Waals surface area contributed by atoms with Gasteiger partial charge in [0.2, 0.25) is 0 Å². The molecule has 6 heteroatoms. The molecule has 4 rings (SSSR count). The van der Waals surface area contributed by atoms with Crippen molar-refractivity contribution in [3.63, 3.8) is 0 Å². The van der Waals surface area contributed by atoms with Crippen molar-refractivity contribution in [1.29, 1.82) is 0 Å². The third kappa shape index (κ3) is 3.31. The Morgan fingerprint density at radius 3 is 2.88 bits per heavy atom. The van der Waals surface area contributed by atoms with Gasteiger partial charge in [0, 0.05) is 37.8 Å². The van der Waals surface area contributed by atoms with E-state index in [1.165, 1.54) is 5.56 Å². The third-order valence-electron chi connectivity index (χ3n) is 5.01. The molecule has 2 aliphatic rings. The molecule has 2 aromatic rings. The highest BCUT2D eigenvalue weighted by Gasteiger charge is 2.26. The summed E-state index contributed by atoms with van der Waals surface area (Å²) in [5.74, 6) is 2.61. The number of hydrogen-bond acceptors (Lipinski definition) is 5. The van der Waals surface area contributed by atoms with E-state index in [9.17, 15) is 4.79 Å². The van der Waals surface area contributed by atoms with Crippen LogP contribution in [0.15, 0.2) is 36.5 Å². The summed E-state index contributed by atoms with van der Waals surface area (Å²) < 4.78 is 11.1. The van der Waals surface area contributed by atoms with Gasteiger partial charge in [0.25, 0.3) is 5.91 Å². The molecule has 1 fully saturated rings. The Balaban J connectivity index is 1.51. The van der Waals surface area contributed by atoms with Crippen molar-refractivity contribution in [3.05, 3.63) is 47.7 Å². The molecule has 1 aromatic heterocycles. The number of pyridine rings is 1. The number of carbonyl (C=O) groups excluding carboxylic acids is 1. The number of carbonyl (C=O) groups is 1. The van der Waals surface area contributed by atoms with Gasteiger partial charge in [0.1, 0.15) is 19.0 Å². The van der Waals surface area contributed by atoms with Crippen molar-refractivity contribution in [2.45, 2.75) is 18.8 Å². The van der Waals surface area contributed by atoms with Crippen LogP contribution in [-0.2, 0) is 0 Å². The summed E-state index contributed by atoms with van der Waals surface area (Å²) in [5, 5.41) is 3.08. The van der Waals surface area contributed by atoms with Crippen molar-refractivity contribution in [2.24, 2.45) is 0 Å². The highest BCUT2D eigenvalue weighted by Crippen LogP contribution is 2.33. The van der Waals surface area contributed by atoms with Gasteiger partial charge in [-0.15, -0.1) is 0 Å². The van der Waals surface area contributed by atoms with Crippen LogP contribution in [0.2, 0.25) is 0 Å². The molecule has 0 bridgehead atoms. The fourth-order valence-corrected chi connectivity index (χ4v) is 3.63. The van der Waals surface area contributed by atoms with Crippen LogP contribution in [0.1, 0.15) is 34.7 Å². The lowest BCUT2D eigenvalue weighted by molar-refractivity contribution is 0.0706.